The molecule has 1 aliphatic heterocycles. The smallest absolute Gasteiger partial charge is 0.409 e. The predicted octanol–water partition coefficient (Wildman–Crippen LogP) is 3.47. The van der Waals surface area contributed by atoms with Crippen LogP contribution in [-0.2, 0) is 16.1 Å². The van der Waals surface area contributed by atoms with Crippen molar-refractivity contribution in [2.24, 2.45) is 0 Å². The van der Waals surface area contributed by atoms with Crippen molar-refractivity contribution in [3.05, 3.63) is 60.3 Å². The first-order chi connectivity index (χ1) is 18.0. The van der Waals surface area contributed by atoms with Gasteiger partial charge >= 0.3 is 6.09 Å². The van der Waals surface area contributed by atoms with E-state index in [1.54, 1.807) is 48.1 Å². The lowest BCUT2D eigenvalue weighted by molar-refractivity contribution is -0.129. The molecule has 0 bridgehead atoms. The van der Waals surface area contributed by atoms with Crippen LogP contribution in [0.15, 0.2) is 59.6 Å². The standard InChI is InChI=1S/C27H32N4O5S/c1-3-36-27(34)30-16-14-29(15-17-30)25(32)19-37-24-18-31(23-7-5-4-6-22(23)24)13-12-28-26(33)20-8-10-21(35-2)11-9-20/h4-11,18H,3,12-17,19H2,1-2H3,(H,28,33). The number of nitrogens with zero attached hydrogens (tertiary/aromatic N) is 3. The molecular formula is C27H32N4O5S. The number of fused-ring (bicyclic) bond motifs is 1. The maximum atomic E-state index is 12.8. The van der Waals surface area contributed by atoms with Gasteiger partial charge in [-0.2, -0.15) is 0 Å². The van der Waals surface area contributed by atoms with E-state index in [0.717, 1.165) is 15.8 Å². The van der Waals surface area contributed by atoms with Crippen molar-refractivity contribution in [3.63, 3.8) is 0 Å². The molecule has 0 aliphatic carbocycles. The average molecular weight is 525 g/mol. The third-order valence-corrected chi connectivity index (χ3v) is 7.28. The molecular weight excluding hydrogens is 492 g/mol. The number of piperazine rings is 1. The number of para-hydroxylation sites is 1. The van der Waals surface area contributed by atoms with Crippen molar-refractivity contribution in [3.8, 4) is 5.75 Å². The molecule has 0 spiro atoms. The summed E-state index contributed by atoms with van der Waals surface area (Å²) in [5, 5.41) is 4.04. The van der Waals surface area contributed by atoms with Gasteiger partial charge in [0.25, 0.3) is 5.91 Å². The van der Waals surface area contributed by atoms with Crippen molar-refractivity contribution < 1.29 is 23.9 Å². The van der Waals surface area contributed by atoms with Gasteiger partial charge in [0.05, 0.1) is 19.5 Å². The van der Waals surface area contributed by atoms with E-state index in [1.807, 2.05) is 30.5 Å². The van der Waals surface area contributed by atoms with Crippen LogP contribution < -0.4 is 10.1 Å². The first-order valence-corrected chi connectivity index (χ1v) is 13.3. The predicted molar refractivity (Wildman–Crippen MR) is 143 cm³/mol. The fraction of sp³-hybridized carbons (Fsp3) is 0.370. The minimum atomic E-state index is -0.322. The number of hydrogen-bond donors (Lipinski definition) is 1. The van der Waals surface area contributed by atoms with E-state index in [-0.39, 0.29) is 17.9 Å². The summed E-state index contributed by atoms with van der Waals surface area (Å²) in [5.41, 5.74) is 1.63. The number of hydrogen-bond acceptors (Lipinski definition) is 6. The Morgan fingerprint density at radius 2 is 1.68 bits per heavy atom. The fourth-order valence-corrected chi connectivity index (χ4v) is 5.22. The first kappa shape index (κ1) is 26.4. The topological polar surface area (TPSA) is 93.1 Å². The van der Waals surface area contributed by atoms with Gasteiger partial charge in [-0.15, -0.1) is 11.8 Å². The van der Waals surface area contributed by atoms with Gasteiger partial charge in [0.15, 0.2) is 0 Å². The maximum absolute atomic E-state index is 12.8. The number of ether oxygens (including phenoxy) is 2. The summed E-state index contributed by atoms with van der Waals surface area (Å²) >= 11 is 1.51. The molecule has 0 radical (unpaired) electrons. The van der Waals surface area contributed by atoms with Gasteiger partial charge in [0.2, 0.25) is 5.91 Å². The summed E-state index contributed by atoms with van der Waals surface area (Å²) in [6.45, 7) is 5.18. The summed E-state index contributed by atoms with van der Waals surface area (Å²) in [6.07, 6.45) is 1.72. The van der Waals surface area contributed by atoms with E-state index in [0.29, 0.717) is 62.9 Å². The monoisotopic (exact) mass is 524 g/mol. The van der Waals surface area contributed by atoms with Gasteiger partial charge in [0, 0.05) is 66.8 Å². The Bertz CT molecular complexity index is 1240. The Morgan fingerprint density at radius 3 is 2.38 bits per heavy atom. The molecule has 1 saturated heterocycles. The quantitative estimate of drug-likeness (QED) is 0.431. The van der Waals surface area contributed by atoms with Gasteiger partial charge < -0.3 is 29.2 Å². The molecule has 196 valence electrons. The van der Waals surface area contributed by atoms with Crippen LogP contribution in [0.1, 0.15) is 17.3 Å². The zero-order valence-electron chi connectivity index (χ0n) is 21.1. The van der Waals surface area contributed by atoms with Crippen molar-refractivity contribution in [2.75, 3.05) is 52.2 Å². The van der Waals surface area contributed by atoms with Gasteiger partial charge in [0.1, 0.15) is 5.75 Å². The lowest BCUT2D eigenvalue weighted by Crippen LogP contribution is -2.51. The van der Waals surface area contributed by atoms with Crippen molar-refractivity contribution in [1.29, 1.82) is 0 Å². The van der Waals surface area contributed by atoms with Crippen LogP contribution in [0.25, 0.3) is 10.9 Å². The number of aromatic nitrogens is 1. The summed E-state index contributed by atoms with van der Waals surface area (Å²) in [6, 6.07) is 15.1. The summed E-state index contributed by atoms with van der Waals surface area (Å²) in [5.74, 6) is 0.944. The first-order valence-electron chi connectivity index (χ1n) is 12.3. The minimum Gasteiger partial charge on any atom is -0.497 e. The molecule has 0 unspecified atom stereocenters. The molecule has 1 fully saturated rings. The minimum absolute atomic E-state index is 0.0529. The molecule has 37 heavy (non-hydrogen) atoms. The third-order valence-electron chi connectivity index (χ3n) is 6.25. The number of methoxy groups -OCH3 is 1. The summed E-state index contributed by atoms with van der Waals surface area (Å²) < 4.78 is 12.3. The van der Waals surface area contributed by atoms with Crippen LogP contribution >= 0.6 is 11.8 Å². The second-order valence-electron chi connectivity index (χ2n) is 8.54. The molecule has 10 heteroatoms. The number of thioether (sulfide) groups is 1. The van der Waals surface area contributed by atoms with E-state index in [1.165, 1.54) is 11.8 Å². The van der Waals surface area contributed by atoms with Crippen LogP contribution in [0.3, 0.4) is 0 Å². The van der Waals surface area contributed by atoms with E-state index in [9.17, 15) is 14.4 Å². The van der Waals surface area contributed by atoms with Gasteiger partial charge in [-0.1, -0.05) is 18.2 Å². The average Bonchev–Trinajstić information content (AvgIpc) is 3.29. The largest absolute Gasteiger partial charge is 0.497 e. The van der Waals surface area contributed by atoms with Crippen LogP contribution in [-0.4, -0.2) is 84.5 Å². The number of carbonyl (C=O) groups is 3. The number of benzene rings is 2. The third kappa shape index (κ3) is 6.56. The molecule has 9 nitrogen and oxygen atoms in total. The highest BCUT2D eigenvalue weighted by Crippen LogP contribution is 2.30. The van der Waals surface area contributed by atoms with E-state index >= 15 is 0 Å². The highest BCUT2D eigenvalue weighted by atomic mass is 32.2. The zero-order valence-corrected chi connectivity index (χ0v) is 22.0. The number of rotatable bonds is 9. The van der Waals surface area contributed by atoms with Gasteiger partial charge in [-0.25, -0.2) is 4.79 Å². The van der Waals surface area contributed by atoms with Crippen LogP contribution in [0.4, 0.5) is 4.79 Å². The number of carbonyl (C=O) groups excluding carboxylic acids is 3. The molecule has 3 amide bonds. The second kappa shape index (κ2) is 12.5. The van der Waals surface area contributed by atoms with Crippen molar-refractivity contribution >= 4 is 40.6 Å². The molecule has 4 rings (SSSR count). The highest BCUT2D eigenvalue weighted by Gasteiger charge is 2.25. The van der Waals surface area contributed by atoms with E-state index in [4.69, 9.17) is 9.47 Å². The summed E-state index contributed by atoms with van der Waals surface area (Å²) in [7, 11) is 1.59. The Hall–Kier alpha value is -3.66. The van der Waals surface area contributed by atoms with E-state index in [2.05, 4.69) is 9.88 Å². The number of nitrogens with one attached hydrogen (secondary N) is 1. The molecule has 1 aromatic heterocycles. The van der Waals surface area contributed by atoms with Crippen LogP contribution in [0.5, 0.6) is 5.75 Å². The van der Waals surface area contributed by atoms with Crippen LogP contribution in [0, 0.1) is 0 Å². The molecule has 1 aliphatic rings. The molecule has 0 atom stereocenters. The normalized spacial score (nSPS) is 13.5. The van der Waals surface area contributed by atoms with Gasteiger partial charge in [-0.3, -0.25) is 9.59 Å². The van der Waals surface area contributed by atoms with Gasteiger partial charge in [-0.05, 0) is 37.3 Å². The second-order valence-corrected chi connectivity index (χ2v) is 9.56. The maximum Gasteiger partial charge on any atom is 0.409 e. The SMILES string of the molecule is CCOC(=O)N1CCN(C(=O)CSc2cn(CCNC(=O)c3ccc(OC)cc3)c3ccccc23)CC1. The lowest BCUT2D eigenvalue weighted by Gasteiger charge is -2.34. The fourth-order valence-electron chi connectivity index (χ4n) is 4.23. The highest BCUT2D eigenvalue weighted by molar-refractivity contribution is 8.00. The van der Waals surface area contributed by atoms with E-state index < -0.39 is 0 Å². The Balaban J connectivity index is 1.31. The molecule has 0 saturated carbocycles. The lowest BCUT2D eigenvalue weighted by atomic mass is 10.2. The Labute approximate surface area is 220 Å². The van der Waals surface area contributed by atoms with Crippen LogP contribution in [0.2, 0.25) is 0 Å². The number of amides is 3. The molecule has 2 heterocycles. The summed E-state index contributed by atoms with van der Waals surface area (Å²) in [4.78, 5) is 41.7. The zero-order chi connectivity index (χ0) is 26.2. The molecule has 2 aromatic carbocycles. The van der Waals surface area contributed by atoms with Crippen molar-refractivity contribution in [1.82, 2.24) is 19.7 Å². The molecule has 1 N–H and O–H groups in total. The molecule has 3 aromatic rings. The van der Waals surface area contributed by atoms with Crippen molar-refractivity contribution in [2.45, 2.75) is 18.4 Å². The Morgan fingerprint density at radius 1 is 0.973 bits per heavy atom. The Kier molecular flexibility index (Phi) is 8.95.